The highest BCUT2D eigenvalue weighted by Gasteiger charge is 2.37. The second-order valence-electron chi connectivity index (χ2n) is 7.76. The lowest BCUT2D eigenvalue weighted by atomic mass is 10.0. The molecule has 0 radical (unpaired) electrons. The molecule has 7 nitrogen and oxygen atoms in total. The van der Waals surface area contributed by atoms with Crippen LogP contribution in [-0.2, 0) is 17.5 Å². The van der Waals surface area contributed by atoms with E-state index >= 15 is 0 Å². The summed E-state index contributed by atoms with van der Waals surface area (Å²) in [7, 11) is 0. The molecule has 1 amide bonds. The number of amides is 1. The van der Waals surface area contributed by atoms with E-state index in [0.29, 0.717) is 37.3 Å². The van der Waals surface area contributed by atoms with Crippen LogP contribution in [0.3, 0.4) is 0 Å². The molecule has 11 heteroatoms. The van der Waals surface area contributed by atoms with Crippen LogP contribution >= 0.6 is 11.6 Å². The van der Waals surface area contributed by atoms with Crippen molar-refractivity contribution in [1.29, 1.82) is 0 Å². The van der Waals surface area contributed by atoms with Crippen LogP contribution < -0.4 is 11.1 Å². The summed E-state index contributed by atoms with van der Waals surface area (Å²) in [6.45, 7) is 2.55. The van der Waals surface area contributed by atoms with E-state index in [1.807, 2.05) is 0 Å². The fourth-order valence-corrected chi connectivity index (χ4v) is 4.15. The summed E-state index contributed by atoms with van der Waals surface area (Å²) in [5.41, 5.74) is 6.37. The first-order valence-electron chi connectivity index (χ1n) is 9.79. The Hall–Kier alpha value is -2.43. The van der Waals surface area contributed by atoms with E-state index in [9.17, 15) is 18.0 Å². The van der Waals surface area contributed by atoms with Crippen molar-refractivity contribution >= 4 is 23.2 Å². The zero-order valence-corrected chi connectivity index (χ0v) is 17.4. The Kier molecular flexibility index (Phi) is 5.80. The van der Waals surface area contributed by atoms with E-state index in [1.54, 1.807) is 18.0 Å². The smallest absolute Gasteiger partial charge is 0.399 e. The maximum Gasteiger partial charge on any atom is 0.416 e. The van der Waals surface area contributed by atoms with Gasteiger partial charge in [-0.3, -0.25) is 10.1 Å². The van der Waals surface area contributed by atoms with Crippen molar-refractivity contribution in [2.24, 2.45) is 0 Å². The average molecular weight is 456 g/mol. The summed E-state index contributed by atoms with van der Waals surface area (Å²) in [5, 5.41) is 3.23. The number of nitrogens with zero attached hydrogens (tertiary/aromatic N) is 3. The first-order chi connectivity index (χ1) is 14.6. The lowest BCUT2D eigenvalue weighted by molar-refractivity contribution is -0.137. The minimum absolute atomic E-state index is 0.0228. The number of nitrogen functional groups attached to an aromatic ring is 1. The molecule has 1 fully saturated rings. The number of aromatic nitrogens is 2. The zero-order valence-electron chi connectivity index (χ0n) is 16.6. The molecule has 2 aromatic rings. The average Bonchev–Trinajstić information content (AvgIpc) is 3.03. The van der Waals surface area contributed by atoms with Gasteiger partial charge in [0.05, 0.1) is 18.7 Å². The molecule has 3 unspecified atom stereocenters. The molecule has 3 heterocycles. The van der Waals surface area contributed by atoms with Gasteiger partial charge in [-0.25, -0.2) is 9.97 Å². The van der Waals surface area contributed by atoms with E-state index < -0.39 is 24.0 Å². The van der Waals surface area contributed by atoms with Crippen LogP contribution in [0.2, 0.25) is 5.28 Å². The highest BCUT2D eigenvalue weighted by atomic mass is 35.5. The number of carbonyl (C=O) groups excluding carboxylic acids is 1. The predicted octanol–water partition coefficient (Wildman–Crippen LogP) is 3.54. The van der Waals surface area contributed by atoms with Gasteiger partial charge >= 0.3 is 6.18 Å². The van der Waals surface area contributed by atoms with Gasteiger partial charge in [-0.05, 0) is 48.7 Å². The topological polar surface area (TPSA) is 93.4 Å². The summed E-state index contributed by atoms with van der Waals surface area (Å²) in [6.07, 6.45) is -2.23. The number of hydrogen-bond donors (Lipinski definition) is 2. The summed E-state index contributed by atoms with van der Waals surface area (Å²) in [4.78, 5) is 22.5. The number of alkyl halides is 3. The van der Waals surface area contributed by atoms with Gasteiger partial charge in [-0.2, -0.15) is 13.2 Å². The number of ether oxygens (including phenoxy) is 1. The molecule has 3 N–H and O–H groups in total. The van der Waals surface area contributed by atoms with Crippen LogP contribution in [0.1, 0.15) is 53.0 Å². The summed E-state index contributed by atoms with van der Waals surface area (Å²) in [6, 6.07) is 2.96. The lowest BCUT2D eigenvalue weighted by Gasteiger charge is -2.36. The Morgan fingerprint density at radius 3 is 2.87 bits per heavy atom. The van der Waals surface area contributed by atoms with Crippen LogP contribution in [-0.4, -0.2) is 39.7 Å². The molecule has 1 aromatic heterocycles. The number of fused-ring (bicyclic) bond motifs is 1. The molecule has 1 aromatic carbocycles. The Bertz CT molecular complexity index is 1000. The molecular formula is C20H21ClF3N5O2. The van der Waals surface area contributed by atoms with Gasteiger partial charge < -0.3 is 15.4 Å². The monoisotopic (exact) mass is 455 g/mol. The Morgan fingerprint density at radius 2 is 2.13 bits per heavy atom. The first kappa shape index (κ1) is 21.8. The third-order valence-corrected chi connectivity index (χ3v) is 5.76. The summed E-state index contributed by atoms with van der Waals surface area (Å²) < 4.78 is 45.1. The third kappa shape index (κ3) is 4.60. The number of halogens is 4. The number of nitrogens with one attached hydrogen (secondary N) is 1. The third-order valence-electron chi connectivity index (χ3n) is 5.58. The molecule has 2 aliphatic heterocycles. The first-order valence-corrected chi connectivity index (χ1v) is 10.2. The maximum absolute atomic E-state index is 13.1. The fraction of sp³-hybridized carbons (Fsp3) is 0.450. The van der Waals surface area contributed by atoms with Crippen molar-refractivity contribution in [2.45, 2.75) is 50.8 Å². The number of rotatable bonds is 4. The van der Waals surface area contributed by atoms with Crippen molar-refractivity contribution in [3.63, 3.8) is 0 Å². The quantitative estimate of drug-likeness (QED) is 0.541. The summed E-state index contributed by atoms with van der Waals surface area (Å²) in [5.74, 6) is -0.205. The standard InChI is InChI=1S/C20H21ClF3N5O2/c1-10(11-4-13(20(22,23)24)6-14(25)5-11)27-16-7-15(2-3-31-16)29-9-12-8-26-19(21)28-17(12)18(29)30/h4-6,8,10,15-16,27H,2-3,7,9,25H2,1H3. The highest BCUT2D eigenvalue weighted by molar-refractivity contribution is 6.28. The van der Waals surface area contributed by atoms with Gasteiger partial charge in [0.2, 0.25) is 5.28 Å². The van der Waals surface area contributed by atoms with E-state index in [2.05, 4.69) is 15.3 Å². The minimum atomic E-state index is -4.48. The van der Waals surface area contributed by atoms with Crippen LogP contribution in [0.25, 0.3) is 0 Å². The Labute approximate surface area is 181 Å². The Balaban J connectivity index is 1.44. The molecular weight excluding hydrogens is 435 g/mol. The molecule has 3 atom stereocenters. The van der Waals surface area contributed by atoms with E-state index in [-0.39, 0.29) is 22.9 Å². The summed E-state index contributed by atoms with van der Waals surface area (Å²) >= 11 is 5.81. The molecule has 166 valence electrons. The molecule has 0 saturated carbocycles. The molecule has 2 aliphatic rings. The molecule has 0 aliphatic carbocycles. The van der Waals surface area contributed by atoms with Crippen LogP contribution in [0, 0.1) is 0 Å². The largest absolute Gasteiger partial charge is 0.416 e. The van der Waals surface area contributed by atoms with Crippen molar-refractivity contribution in [2.75, 3.05) is 12.3 Å². The van der Waals surface area contributed by atoms with Gasteiger partial charge in [0.25, 0.3) is 5.91 Å². The molecule has 4 rings (SSSR count). The number of hydrogen-bond acceptors (Lipinski definition) is 6. The van der Waals surface area contributed by atoms with Gasteiger partial charge in [-0.1, -0.05) is 0 Å². The number of anilines is 1. The van der Waals surface area contributed by atoms with Gasteiger partial charge in [0.1, 0.15) is 11.9 Å². The normalized spacial score (nSPS) is 22.5. The van der Waals surface area contributed by atoms with Crippen molar-refractivity contribution in [1.82, 2.24) is 20.2 Å². The van der Waals surface area contributed by atoms with Crippen molar-refractivity contribution < 1.29 is 22.7 Å². The Morgan fingerprint density at radius 1 is 1.35 bits per heavy atom. The van der Waals surface area contributed by atoms with Crippen molar-refractivity contribution in [3.05, 3.63) is 52.1 Å². The lowest BCUT2D eigenvalue weighted by Crippen LogP contribution is -2.47. The molecule has 1 saturated heterocycles. The van der Waals surface area contributed by atoms with E-state index in [4.69, 9.17) is 22.1 Å². The van der Waals surface area contributed by atoms with Gasteiger partial charge in [-0.15, -0.1) is 0 Å². The molecule has 31 heavy (non-hydrogen) atoms. The minimum Gasteiger partial charge on any atom is -0.399 e. The predicted molar refractivity (Wildman–Crippen MR) is 107 cm³/mol. The van der Waals surface area contributed by atoms with Crippen LogP contribution in [0.15, 0.2) is 24.4 Å². The second-order valence-corrected chi connectivity index (χ2v) is 8.10. The van der Waals surface area contributed by atoms with Gasteiger partial charge in [0.15, 0.2) is 0 Å². The fourth-order valence-electron chi connectivity index (χ4n) is 4.02. The highest BCUT2D eigenvalue weighted by Crippen LogP contribution is 2.33. The second kappa shape index (κ2) is 8.25. The van der Waals surface area contributed by atoms with E-state index in [1.165, 1.54) is 6.07 Å². The zero-order chi connectivity index (χ0) is 22.3. The molecule has 0 spiro atoms. The molecule has 0 bridgehead atoms. The van der Waals surface area contributed by atoms with E-state index in [0.717, 1.165) is 17.7 Å². The van der Waals surface area contributed by atoms with Crippen molar-refractivity contribution in [3.8, 4) is 0 Å². The SMILES string of the molecule is CC(NC1CC(N2Cc3cnc(Cl)nc3C2=O)CCO1)c1cc(N)cc(C(F)(F)F)c1. The van der Waals surface area contributed by atoms with Gasteiger partial charge in [0, 0.05) is 36.0 Å². The number of carbonyl (C=O) groups is 1. The maximum atomic E-state index is 13.1. The number of nitrogens with two attached hydrogens (primary N) is 1. The number of benzene rings is 1. The van der Waals surface area contributed by atoms with Crippen LogP contribution in [0.4, 0.5) is 18.9 Å². The van der Waals surface area contributed by atoms with Crippen LogP contribution in [0.5, 0.6) is 0 Å².